The number of carbonyl (C=O) groups excluding carboxylic acids is 1. The number of ether oxygens (including phenoxy) is 2. The maximum Gasteiger partial charge on any atom is 0.416 e. The third-order valence-corrected chi connectivity index (χ3v) is 6.30. The van der Waals surface area contributed by atoms with E-state index in [-0.39, 0.29) is 28.3 Å². The number of thioether (sulfide) groups is 1. The summed E-state index contributed by atoms with van der Waals surface area (Å²) in [6.07, 6.45) is 0.319. The second-order valence-corrected chi connectivity index (χ2v) is 8.44. The van der Waals surface area contributed by atoms with Crippen LogP contribution in [0.5, 0.6) is 5.75 Å². The van der Waals surface area contributed by atoms with Gasteiger partial charge in [0.2, 0.25) is 0 Å². The maximum absolute atomic E-state index is 13.2. The van der Waals surface area contributed by atoms with Gasteiger partial charge in [0, 0.05) is 23.6 Å². The van der Waals surface area contributed by atoms with Crippen molar-refractivity contribution in [1.29, 1.82) is 0 Å². The molecule has 29 heavy (non-hydrogen) atoms. The summed E-state index contributed by atoms with van der Waals surface area (Å²) in [5.74, 6) is 0.128. The van der Waals surface area contributed by atoms with Gasteiger partial charge in [0.25, 0.3) is 5.91 Å². The number of carbonyl (C=O) groups is 1. The first-order valence-corrected chi connectivity index (χ1v) is 10.9. The Morgan fingerprint density at radius 2 is 2.00 bits per heavy atom. The third kappa shape index (κ3) is 5.38. The summed E-state index contributed by atoms with van der Waals surface area (Å²) in [6, 6.07) is 2.02. The van der Waals surface area contributed by atoms with Gasteiger partial charge in [-0.25, -0.2) is 0 Å². The molecule has 1 amide bonds. The Morgan fingerprint density at radius 1 is 1.28 bits per heavy atom. The molecule has 3 unspecified atom stereocenters. The molecule has 0 bridgehead atoms. The lowest BCUT2D eigenvalue weighted by atomic mass is 10.0. The third-order valence-electron chi connectivity index (χ3n) is 5.54. The molecule has 5 nitrogen and oxygen atoms in total. The molecule has 0 spiro atoms. The Morgan fingerprint density at radius 3 is 2.59 bits per heavy atom. The molecule has 1 aliphatic heterocycles. The van der Waals surface area contributed by atoms with Gasteiger partial charge in [-0.15, -0.1) is 11.8 Å². The van der Waals surface area contributed by atoms with E-state index < -0.39 is 17.6 Å². The van der Waals surface area contributed by atoms with Gasteiger partial charge in [-0.2, -0.15) is 13.2 Å². The second kappa shape index (κ2) is 9.14. The van der Waals surface area contributed by atoms with Crippen LogP contribution in [0.25, 0.3) is 0 Å². The molecule has 2 aliphatic rings. The van der Waals surface area contributed by atoms with Crippen LogP contribution in [0, 0.1) is 5.92 Å². The van der Waals surface area contributed by atoms with Crippen molar-refractivity contribution in [1.82, 2.24) is 10.6 Å². The molecule has 3 rings (SSSR count). The van der Waals surface area contributed by atoms with E-state index in [1.165, 1.54) is 20.0 Å². The summed E-state index contributed by atoms with van der Waals surface area (Å²) >= 11 is 1.08. The van der Waals surface area contributed by atoms with Gasteiger partial charge in [-0.1, -0.05) is 0 Å². The Hall–Kier alpha value is -1.45. The number of nitrogens with one attached hydrogen (secondary N) is 2. The van der Waals surface area contributed by atoms with Gasteiger partial charge in [0.15, 0.2) is 0 Å². The van der Waals surface area contributed by atoms with E-state index in [0.717, 1.165) is 30.3 Å². The summed E-state index contributed by atoms with van der Waals surface area (Å²) in [5, 5.41) is 6.55. The van der Waals surface area contributed by atoms with Crippen LogP contribution in [0.4, 0.5) is 13.2 Å². The Labute approximate surface area is 173 Å². The monoisotopic (exact) mass is 432 g/mol. The Balaban J connectivity index is 1.81. The van der Waals surface area contributed by atoms with E-state index in [1.807, 2.05) is 0 Å². The normalized spacial score (nSPS) is 23.5. The molecule has 1 aliphatic carbocycles. The highest BCUT2D eigenvalue weighted by atomic mass is 32.2. The van der Waals surface area contributed by atoms with Crippen molar-refractivity contribution in [3.05, 3.63) is 23.3 Å². The molecule has 1 heterocycles. The lowest BCUT2D eigenvalue weighted by Gasteiger charge is -2.35. The van der Waals surface area contributed by atoms with Gasteiger partial charge >= 0.3 is 6.18 Å². The van der Waals surface area contributed by atoms with Crippen molar-refractivity contribution in [2.24, 2.45) is 5.92 Å². The van der Waals surface area contributed by atoms with Crippen molar-refractivity contribution in [3.8, 4) is 5.75 Å². The topological polar surface area (TPSA) is 59.6 Å². The molecule has 2 fully saturated rings. The van der Waals surface area contributed by atoms with Crippen molar-refractivity contribution in [2.75, 3.05) is 26.6 Å². The number of amides is 1. The van der Waals surface area contributed by atoms with E-state index in [4.69, 9.17) is 9.47 Å². The van der Waals surface area contributed by atoms with E-state index in [2.05, 4.69) is 17.6 Å². The predicted octanol–water partition coefficient (Wildman–Crippen LogP) is 3.71. The minimum Gasteiger partial charge on any atom is -0.496 e. The van der Waals surface area contributed by atoms with Crippen molar-refractivity contribution in [2.45, 2.75) is 55.4 Å². The highest BCUT2D eigenvalue weighted by molar-refractivity contribution is 7.98. The number of alkyl halides is 3. The number of benzene rings is 1. The molecule has 1 aromatic carbocycles. The van der Waals surface area contributed by atoms with Crippen LogP contribution in [-0.2, 0) is 10.9 Å². The van der Waals surface area contributed by atoms with Crippen LogP contribution >= 0.6 is 11.8 Å². The number of hydrogen-bond donors (Lipinski definition) is 2. The lowest BCUT2D eigenvalue weighted by Crippen LogP contribution is -2.57. The van der Waals surface area contributed by atoms with E-state index >= 15 is 0 Å². The summed E-state index contributed by atoms with van der Waals surface area (Å²) in [4.78, 5) is 13.3. The molecule has 0 aromatic heterocycles. The number of methoxy groups -OCH3 is 1. The maximum atomic E-state index is 13.2. The molecule has 1 saturated carbocycles. The summed E-state index contributed by atoms with van der Waals surface area (Å²) < 4.78 is 50.2. The number of rotatable bonds is 7. The molecule has 0 radical (unpaired) electrons. The predicted molar refractivity (Wildman–Crippen MR) is 106 cm³/mol. The highest BCUT2D eigenvalue weighted by Crippen LogP contribution is 2.38. The van der Waals surface area contributed by atoms with Crippen molar-refractivity contribution in [3.63, 3.8) is 0 Å². The fourth-order valence-corrected chi connectivity index (χ4v) is 4.33. The average molecular weight is 433 g/mol. The lowest BCUT2D eigenvalue weighted by molar-refractivity contribution is -0.137. The van der Waals surface area contributed by atoms with Gasteiger partial charge in [0.05, 0.1) is 30.9 Å². The van der Waals surface area contributed by atoms with Crippen molar-refractivity contribution >= 4 is 17.7 Å². The second-order valence-electron chi connectivity index (χ2n) is 7.60. The van der Waals surface area contributed by atoms with Crippen LogP contribution in [0.15, 0.2) is 17.0 Å². The summed E-state index contributed by atoms with van der Waals surface area (Å²) in [7, 11) is 1.27. The van der Waals surface area contributed by atoms with Gasteiger partial charge in [-0.3, -0.25) is 4.79 Å². The largest absolute Gasteiger partial charge is 0.496 e. The van der Waals surface area contributed by atoms with Gasteiger partial charge in [0.1, 0.15) is 5.75 Å². The fourth-order valence-electron chi connectivity index (χ4n) is 3.69. The first kappa shape index (κ1) is 22.2. The first-order valence-electron chi connectivity index (χ1n) is 9.72. The molecule has 162 valence electrons. The van der Waals surface area contributed by atoms with Gasteiger partial charge < -0.3 is 20.1 Å². The van der Waals surface area contributed by atoms with Crippen molar-refractivity contribution < 1.29 is 27.4 Å². The molecular weight excluding hydrogens is 405 g/mol. The highest BCUT2D eigenvalue weighted by Gasteiger charge is 2.36. The zero-order valence-electron chi connectivity index (χ0n) is 16.8. The Kier molecular flexibility index (Phi) is 7.01. The van der Waals surface area contributed by atoms with E-state index in [9.17, 15) is 18.0 Å². The van der Waals surface area contributed by atoms with Crippen LogP contribution in [0.3, 0.4) is 0 Å². The van der Waals surface area contributed by atoms with E-state index in [0.29, 0.717) is 25.2 Å². The zero-order valence-corrected chi connectivity index (χ0v) is 17.6. The smallest absolute Gasteiger partial charge is 0.416 e. The molecule has 9 heteroatoms. The Bertz CT molecular complexity index is 715. The fraction of sp³-hybridized carbons (Fsp3) is 0.650. The summed E-state index contributed by atoms with van der Waals surface area (Å²) in [6.45, 7) is 3.12. The van der Waals surface area contributed by atoms with E-state index in [1.54, 1.807) is 6.26 Å². The summed E-state index contributed by atoms with van der Waals surface area (Å²) in [5.41, 5.74) is -0.721. The van der Waals surface area contributed by atoms with Crippen LogP contribution in [0.1, 0.15) is 42.1 Å². The SMILES string of the molecule is COc1cc(C(F)(F)F)cc(SC)c1C(=O)NC1COCCC1NC(C)C1CC1. The molecule has 1 aromatic rings. The molecule has 1 saturated heterocycles. The molecular formula is C20H27F3N2O3S. The van der Waals surface area contributed by atoms with Gasteiger partial charge in [-0.05, 0) is 50.5 Å². The molecule has 2 N–H and O–H groups in total. The molecule has 3 atom stereocenters. The number of halogens is 3. The standard InChI is InChI=1S/C20H27F3N2O3S/c1-11(12-4-5-12)24-14-6-7-28-10-15(14)25-19(26)18-16(27-2)8-13(20(21,22)23)9-17(18)29-3/h8-9,11-12,14-15,24H,4-7,10H2,1-3H3,(H,25,26). The van der Waals surface area contributed by atoms with Crippen LogP contribution < -0.4 is 15.4 Å². The first-order chi connectivity index (χ1) is 13.7. The average Bonchev–Trinajstić information content (AvgIpc) is 3.52. The zero-order chi connectivity index (χ0) is 21.2. The van der Waals surface area contributed by atoms with Crippen LogP contribution in [-0.4, -0.2) is 50.6 Å². The minimum absolute atomic E-state index is 0.0569. The van der Waals surface area contributed by atoms with Crippen LogP contribution in [0.2, 0.25) is 0 Å². The quantitative estimate of drug-likeness (QED) is 0.644. The minimum atomic E-state index is -4.52. The number of hydrogen-bond acceptors (Lipinski definition) is 5.